The topological polar surface area (TPSA) is 0 Å². The third-order valence-electron chi connectivity index (χ3n) is 4.49. The molecule has 0 radical (unpaired) electrons. The van der Waals surface area contributed by atoms with Gasteiger partial charge in [-0.3, -0.25) is 0 Å². The van der Waals surface area contributed by atoms with Gasteiger partial charge in [0, 0.05) is 5.57 Å². The van der Waals surface area contributed by atoms with Gasteiger partial charge in [-0.25, -0.2) is 0 Å². The molecule has 1 aliphatic rings. The maximum Gasteiger partial charge on any atom is 0.0237 e. The summed E-state index contributed by atoms with van der Waals surface area (Å²) in [5.74, 6) is 0. The molecule has 0 fully saturated rings. The van der Waals surface area contributed by atoms with Crippen LogP contribution in [-0.4, -0.2) is 0 Å². The van der Waals surface area contributed by atoms with Gasteiger partial charge < -0.3 is 0 Å². The van der Waals surface area contributed by atoms with Crippen LogP contribution in [0.3, 0.4) is 0 Å². The summed E-state index contributed by atoms with van der Waals surface area (Å²) < 4.78 is 0. The molecular formula is C25H20. The van der Waals surface area contributed by atoms with Gasteiger partial charge in [0.2, 0.25) is 0 Å². The third-order valence-corrected chi connectivity index (χ3v) is 4.49. The van der Waals surface area contributed by atoms with E-state index in [-0.39, 0.29) is 0 Å². The maximum absolute atomic E-state index is 3.28. The lowest BCUT2D eigenvalue weighted by molar-refractivity contribution is 1.14. The molecule has 25 heavy (non-hydrogen) atoms. The molecule has 0 nitrogen and oxygen atoms in total. The monoisotopic (exact) mass is 320 g/mol. The van der Waals surface area contributed by atoms with Crippen LogP contribution < -0.4 is 0 Å². The van der Waals surface area contributed by atoms with Crippen molar-refractivity contribution in [2.45, 2.75) is 12.8 Å². The van der Waals surface area contributed by atoms with Gasteiger partial charge >= 0.3 is 0 Å². The normalized spacial score (nSPS) is 12.4. The number of hydrogen-bond donors (Lipinski definition) is 0. The Morgan fingerprint density at radius 1 is 0.600 bits per heavy atom. The average Bonchev–Trinajstić information content (AvgIpc) is 3.18. The fourth-order valence-electron chi connectivity index (χ4n) is 3.28. The fraction of sp³-hybridized carbons (Fsp3) is 0.0800. The molecule has 0 bridgehead atoms. The van der Waals surface area contributed by atoms with E-state index in [9.17, 15) is 0 Å². The molecule has 0 heterocycles. The predicted molar refractivity (Wildman–Crippen MR) is 106 cm³/mol. The highest BCUT2D eigenvalue weighted by molar-refractivity contribution is 5.76. The molecule has 0 amide bonds. The van der Waals surface area contributed by atoms with Crippen LogP contribution in [-0.2, 0) is 12.8 Å². The first-order chi connectivity index (χ1) is 12.4. The summed E-state index contributed by atoms with van der Waals surface area (Å²) in [5.41, 5.74) is 11.1. The summed E-state index contributed by atoms with van der Waals surface area (Å²) in [4.78, 5) is 0. The number of hydrogen-bond acceptors (Lipinski definition) is 0. The zero-order valence-electron chi connectivity index (χ0n) is 14.2. The Hall–Kier alpha value is -3.08. The van der Waals surface area contributed by atoms with Gasteiger partial charge in [0.25, 0.3) is 0 Å². The van der Waals surface area contributed by atoms with E-state index in [4.69, 9.17) is 0 Å². The molecule has 0 aromatic heterocycles. The van der Waals surface area contributed by atoms with Crippen LogP contribution in [0.5, 0.6) is 0 Å². The van der Waals surface area contributed by atoms with Crippen molar-refractivity contribution in [3.63, 3.8) is 0 Å². The van der Waals surface area contributed by atoms with Gasteiger partial charge in [-0.15, -0.1) is 5.73 Å². The number of rotatable bonds is 5. The van der Waals surface area contributed by atoms with Gasteiger partial charge in [-0.1, -0.05) is 84.9 Å². The molecule has 1 aliphatic carbocycles. The molecule has 3 aromatic carbocycles. The molecule has 0 saturated carbocycles. The largest absolute Gasteiger partial charge is 0.112 e. The molecule has 0 aliphatic heterocycles. The minimum absolute atomic E-state index is 0.956. The minimum atomic E-state index is 0.956. The Kier molecular flexibility index (Phi) is 4.46. The summed E-state index contributed by atoms with van der Waals surface area (Å²) in [7, 11) is 0. The summed E-state index contributed by atoms with van der Waals surface area (Å²) >= 11 is 0. The summed E-state index contributed by atoms with van der Waals surface area (Å²) in [5, 5.41) is 0. The quantitative estimate of drug-likeness (QED) is 0.508. The first kappa shape index (κ1) is 15.4. The zero-order valence-corrected chi connectivity index (χ0v) is 14.2. The molecule has 0 N–H and O–H groups in total. The van der Waals surface area contributed by atoms with E-state index in [0.29, 0.717) is 0 Å². The molecular weight excluding hydrogens is 300 g/mol. The van der Waals surface area contributed by atoms with E-state index < -0.39 is 0 Å². The minimum Gasteiger partial charge on any atom is -0.112 e. The number of benzene rings is 3. The van der Waals surface area contributed by atoms with Gasteiger partial charge in [0.05, 0.1) is 0 Å². The third kappa shape index (κ3) is 3.88. The smallest absolute Gasteiger partial charge is 0.0237 e. The average molecular weight is 320 g/mol. The van der Waals surface area contributed by atoms with Crippen molar-refractivity contribution in [2.75, 3.05) is 0 Å². The molecule has 0 saturated heterocycles. The standard InChI is InChI=1S/C25H20/c1-2-8-20(9-3-1)16-21-10-6-11-22(17-21)18-23-12-7-15-25(19-23)24-13-4-5-14-24/h1-13,15,17,19H,16,18H2. The molecule has 0 atom stereocenters. The molecule has 0 unspecified atom stereocenters. The van der Waals surface area contributed by atoms with Crippen molar-refractivity contribution < 1.29 is 0 Å². The van der Waals surface area contributed by atoms with Crippen molar-refractivity contribution >= 4 is 5.57 Å². The van der Waals surface area contributed by atoms with Gasteiger partial charge in [0.1, 0.15) is 0 Å². The first-order valence-electron chi connectivity index (χ1n) is 8.71. The van der Waals surface area contributed by atoms with Crippen LogP contribution >= 0.6 is 0 Å². The van der Waals surface area contributed by atoms with Crippen molar-refractivity contribution in [1.29, 1.82) is 0 Å². The second-order valence-electron chi connectivity index (χ2n) is 6.44. The second kappa shape index (κ2) is 7.21. The van der Waals surface area contributed by atoms with Crippen molar-refractivity contribution in [1.82, 2.24) is 0 Å². The van der Waals surface area contributed by atoms with Gasteiger partial charge in [-0.05, 0) is 52.8 Å². The summed E-state index contributed by atoms with van der Waals surface area (Å²) in [6.45, 7) is 0. The van der Waals surface area contributed by atoms with Gasteiger partial charge in [0.15, 0.2) is 0 Å². The van der Waals surface area contributed by atoms with Crippen LogP contribution in [0.2, 0.25) is 0 Å². The molecule has 0 heteroatoms. The SMILES string of the molecule is C1=CC=CC=1c1cccc(Cc2cccc(Cc3ccccc3)c2)c1. The lowest BCUT2D eigenvalue weighted by Crippen LogP contribution is -1.93. The highest BCUT2D eigenvalue weighted by Gasteiger charge is 2.03. The van der Waals surface area contributed by atoms with Crippen LogP contribution in [0.4, 0.5) is 0 Å². The second-order valence-corrected chi connectivity index (χ2v) is 6.44. The van der Waals surface area contributed by atoms with E-state index in [1.165, 1.54) is 33.4 Å². The van der Waals surface area contributed by atoms with E-state index in [2.05, 4.69) is 90.7 Å². The molecule has 120 valence electrons. The van der Waals surface area contributed by atoms with Crippen molar-refractivity contribution in [3.05, 3.63) is 131 Å². The van der Waals surface area contributed by atoms with Crippen LogP contribution in [0.1, 0.15) is 27.8 Å². The maximum atomic E-state index is 3.28. The molecule has 0 spiro atoms. The van der Waals surface area contributed by atoms with E-state index in [1.807, 2.05) is 12.2 Å². The fourth-order valence-corrected chi connectivity index (χ4v) is 3.28. The highest BCUT2D eigenvalue weighted by Crippen LogP contribution is 2.21. The molecule has 3 aromatic rings. The summed E-state index contributed by atoms with van der Waals surface area (Å²) in [6, 6.07) is 28.3. The lowest BCUT2D eigenvalue weighted by Gasteiger charge is -2.08. The van der Waals surface area contributed by atoms with E-state index >= 15 is 0 Å². The van der Waals surface area contributed by atoms with Crippen LogP contribution in [0, 0.1) is 0 Å². The Bertz CT molecular complexity index is 968. The van der Waals surface area contributed by atoms with Crippen molar-refractivity contribution in [3.8, 4) is 0 Å². The van der Waals surface area contributed by atoms with E-state index in [1.54, 1.807) is 0 Å². The number of allylic oxidation sites excluding steroid dienone is 3. The lowest BCUT2D eigenvalue weighted by atomic mass is 9.97. The Morgan fingerprint density at radius 3 is 1.96 bits per heavy atom. The highest BCUT2D eigenvalue weighted by atomic mass is 14.1. The predicted octanol–water partition coefficient (Wildman–Crippen LogP) is 5.98. The van der Waals surface area contributed by atoms with Crippen molar-refractivity contribution in [2.24, 2.45) is 0 Å². The Labute approximate surface area is 149 Å². The van der Waals surface area contributed by atoms with Gasteiger partial charge in [-0.2, -0.15) is 0 Å². The first-order valence-corrected chi connectivity index (χ1v) is 8.71. The molecule has 4 rings (SSSR count). The van der Waals surface area contributed by atoms with Crippen LogP contribution in [0.25, 0.3) is 5.57 Å². The Morgan fingerprint density at radius 2 is 1.24 bits per heavy atom. The van der Waals surface area contributed by atoms with Crippen LogP contribution in [0.15, 0.2) is 103 Å². The Balaban J connectivity index is 1.53. The van der Waals surface area contributed by atoms with E-state index in [0.717, 1.165) is 12.8 Å². The summed E-state index contributed by atoms with van der Waals surface area (Å²) in [6.07, 6.45) is 8.05. The zero-order chi connectivity index (χ0) is 16.9.